The van der Waals surface area contributed by atoms with Crippen LogP contribution in [0, 0.1) is 6.92 Å². The zero-order valence-corrected chi connectivity index (χ0v) is 17.3. The molecule has 0 aliphatic heterocycles. The van der Waals surface area contributed by atoms with Crippen molar-refractivity contribution >= 4 is 45.3 Å². The molecule has 2 heterocycles. The zero-order valence-electron chi connectivity index (χ0n) is 14.4. The van der Waals surface area contributed by atoms with E-state index in [0.29, 0.717) is 10.8 Å². The second kappa shape index (κ2) is 6.42. The summed E-state index contributed by atoms with van der Waals surface area (Å²) in [5, 5.41) is 12.8. The van der Waals surface area contributed by atoms with Gasteiger partial charge in [0, 0.05) is 0 Å². The molecule has 1 N–H and O–H groups in total. The Labute approximate surface area is 152 Å². The van der Waals surface area contributed by atoms with Crippen LogP contribution in [-0.2, 0) is 9.84 Å². The van der Waals surface area contributed by atoms with Crippen LogP contribution in [-0.4, -0.2) is 50.4 Å². The molecule has 25 heavy (non-hydrogen) atoms. The summed E-state index contributed by atoms with van der Waals surface area (Å²) in [5.74, 6) is 0. The van der Waals surface area contributed by atoms with Gasteiger partial charge in [0.15, 0.2) is 0 Å². The molecular weight excluding hydrogens is 403 g/mol. The Balaban J connectivity index is 2.28. The minimum absolute atomic E-state index is 0.120. The van der Waals surface area contributed by atoms with E-state index in [0.717, 1.165) is 20.9 Å². The Morgan fingerprint density at radius 1 is 1.20 bits per heavy atom. The Bertz CT molecular complexity index is 1120. The van der Waals surface area contributed by atoms with Crippen LogP contribution in [0.25, 0.3) is 10.8 Å². The van der Waals surface area contributed by atoms with Crippen molar-refractivity contribution in [2.45, 2.75) is 31.7 Å². The van der Waals surface area contributed by atoms with Gasteiger partial charge in [0.1, 0.15) is 0 Å². The molecule has 0 saturated heterocycles. The molecule has 9 heteroatoms. The van der Waals surface area contributed by atoms with Gasteiger partial charge in [-0.2, -0.15) is 0 Å². The van der Waals surface area contributed by atoms with Gasteiger partial charge >= 0.3 is 152 Å². The Hall–Kier alpha value is -1.92. The first-order valence-corrected chi connectivity index (χ1v) is 11.7. The summed E-state index contributed by atoms with van der Waals surface area (Å²) in [7, 11) is -3.39. The molecule has 3 aromatic rings. The second-order valence-corrected chi connectivity index (χ2v) is 10.8. The molecule has 2 aromatic heterocycles. The summed E-state index contributed by atoms with van der Waals surface area (Å²) in [6.45, 7) is 5.69. The molecule has 0 bridgehead atoms. The summed E-state index contributed by atoms with van der Waals surface area (Å²) in [6, 6.07) is 6.53. The molecule has 0 saturated carbocycles. The van der Waals surface area contributed by atoms with Crippen molar-refractivity contribution in [1.29, 1.82) is 0 Å². The Morgan fingerprint density at radius 3 is 2.48 bits per heavy atom. The van der Waals surface area contributed by atoms with Crippen LogP contribution in [0.1, 0.15) is 25.6 Å². The molecular formula is C16H19AsN4O3S. The van der Waals surface area contributed by atoms with Crippen LogP contribution in [0.15, 0.2) is 34.0 Å². The van der Waals surface area contributed by atoms with E-state index >= 15 is 0 Å². The number of aromatic amines is 1. The first-order chi connectivity index (χ1) is 11.7. The van der Waals surface area contributed by atoms with Crippen LogP contribution >= 0.6 is 0 Å². The predicted octanol–water partition coefficient (Wildman–Crippen LogP) is -0.200. The fourth-order valence-electron chi connectivity index (χ4n) is 2.51. The van der Waals surface area contributed by atoms with Gasteiger partial charge in [0.05, 0.1) is 0 Å². The van der Waals surface area contributed by atoms with Gasteiger partial charge in [-0.25, -0.2) is 0 Å². The van der Waals surface area contributed by atoms with Gasteiger partial charge in [0.2, 0.25) is 0 Å². The number of aromatic nitrogens is 4. The average molecular weight is 422 g/mol. The molecule has 0 amide bonds. The molecule has 1 unspecified atom stereocenters. The van der Waals surface area contributed by atoms with E-state index in [1.807, 2.05) is 26.8 Å². The van der Waals surface area contributed by atoms with Crippen molar-refractivity contribution in [3.8, 4) is 0 Å². The van der Waals surface area contributed by atoms with Crippen molar-refractivity contribution < 1.29 is 8.42 Å². The molecule has 0 aliphatic carbocycles. The fourth-order valence-corrected chi connectivity index (χ4v) is 5.58. The monoisotopic (exact) mass is 422 g/mol. The molecule has 132 valence electrons. The van der Waals surface area contributed by atoms with Crippen LogP contribution in [0.4, 0.5) is 0 Å². The number of hydrogen-bond acceptors (Lipinski definition) is 5. The van der Waals surface area contributed by atoms with E-state index in [9.17, 15) is 13.2 Å². The summed E-state index contributed by atoms with van der Waals surface area (Å²) >= 11 is -0.867. The molecule has 1 aromatic carbocycles. The number of sulfone groups is 1. The SMILES string of the molecule is Cc1cc([AsH]c2nn(C(C)C)c(=O)c3cc(S(C)(=O)=O)ccc23)n[nH]1. The number of fused-ring (bicyclic) bond motifs is 1. The first-order valence-electron chi connectivity index (χ1n) is 7.72. The van der Waals surface area contributed by atoms with Gasteiger partial charge in [-0.3, -0.25) is 0 Å². The third-order valence-electron chi connectivity index (χ3n) is 3.76. The van der Waals surface area contributed by atoms with Crippen molar-refractivity contribution in [1.82, 2.24) is 20.0 Å². The fraction of sp³-hybridized carbons (Fsp3) is 0.312. The Morgan fingerprint density at radius 2 is 1.92 bits per heavy atom. The number of nitrogens with zero attached hydrogens (tertiary/aromatic N) is 3. The van der Waals surface area contributed by atoms with Crippen molar-refractivity contribution in [3.05, 3.63) is 40.3 Å². The van der Waals surface area contributed by atoms with Gasteiger partial charge in [0.25, 0.3) is 0 Å². The quantitative estimate of drug-likeness (QED) is 0.588. The minimum atomic E-state index is -3.39. The molecule has 0 fully saturated rings. The van der Waals surface area contributed by atoms with E-state index in [1.54, 1.807) is 6.07 Å². The molecule has 7 nitrogen and oxygen atoms in total. The summed E-state index contributed by atoms with van der Waals surface area (Å²) < 4.78 is 26.9. The van der Waals surface area contributed by atoms with Crippen molar-refractivity contribution in [3.63, 3.8) is 0 Å². The number of rotatable bonds is 4. The van der Waals surface area contributed by atoms with Crippen LogP contribution in [0.2, 0.25) is 0 Å². The van der Waals surface area contributed by atoms with Gasteiger partial charge in [-0.05, 0) is 0 Å². The summed E-state index contributed by atoms with van der Waals surface area (Å²) in [5.41, 5.74) is 0.698. The number of nitrogens with one attached hydrogen (secondary N) is 1. The molecule has 1 atom stereocenters. The van der Waals surface area contributed by atoms with Crippen LogP contribution in [0.5, 0.6) is 0 Å². The third kappa shape index (κ3) is 3.55. The topological polar surface area (TPSA) is 97.7 Å². The Kier molecular flexibility index (Phi) is 4.60. The normalized spacial score (nSPS) is 12.7. The van der Waals surface area contributed by atoms with E-state index in [2.05, 4.69) is 15.3 Å². The number of benzene rings is 1. The average Bonchev–Trinajstić information content (AvgIpc) is 2.93. The zero-order chi connectivity index (χ0) is 18.4. The van der Waals surface area contributed by atoms with E-state index in [-0.39, 0.29) is 16.5 Å². The van der Waals surface area contributed by atoms with Crippen molar-refractivity contribution in [2.24, 2.45) is 0 Å². The van der Waals surface area contributed by atoms with Crippen LogP contribution < -0.4 is 14.5 Å². The maximum atomic E-state index is 12.8. The standard InChI is InChI=1S/C16H19AsN4O3S/c1-9(2)21-16(22)13-8-11(25(4,23)24)5-6-12(13)15(20-21)17-14-7-10(3)18-19-14/h5-9,17H,1-4H3,(H,18,19). The van der Waals surface area contributed by atoms with E-state index in [1.165, 1.54) is 16.8 Å². The van der Waals surface area contributed by atoms with Crippen LogP contribution in [0.3, 0.4) is 0 Å². The molecule has 3 rings (SSSR count). The van der Waals surface area contributed by atoms with Gasteiger partial charge in [-0.15, -0.1) is 0 Å². The predicted molar refractivity (Wildman–Crippen MR) is 99.2 cm³/mol. The number of aryl methyl sites for hydroxylation is 1. The van der Waals surface area contributed by atoms with Gasteiger partial charge in [-0.1, -0.05) is 0 Å². The molecule has 0 radical (unpaired) electrons. The maximum absolute atomic E-state index is 12.8. The van der Waals surface area contributed by atoms with E-state index in [4.69, 9.17) is 0 Å². The summed E-state index contributed by atoms with van der Waals surface area (Å²) in [6.07, 6.45) is 1.14. The van der Waals surface area contributed by atoms with E-state index < -0.39 is 25.6 Å². The molecule has 0 spiro atoms. The number of hydrogen-bond donors (Lipinski definition) is 1. The number of H-pyrrole nitrogens is 1. The third-order valence-corrected chi connectivity index (χ3v) is 7.22. The second-order valence-electron chi connectivity index (χ2n) is 6.23. The first kappa shape index (κ1) is 17.9. The van der Waals surface area contributed by atoms with Gasteiger partial charge < -0.3 is 0 Å². The van der Waals surface area contributed by atoms with Crippen molar-refractivity contribution in [2.75, 3.05) is 6.26 Å². The molecule has 0 aliphatic rings. The summed E-state index contributed by atoms with van der Waals surface area (Å²) in [4.78, 5) is 12.9.